The summed E-state index contributed by atoms with van der Waals surface area (Å²) >= 11 is 1.53. The number of unbranched alkanes of at least 4 members (excludes halogenated alkanes) is 3. The maximum atomic E-state index is 12.8. The van der Waals surface area contributed by atoms with Crippen molar-refractivity contribution in [3.05, 3.63) is 29.8 Å². The molecular weight excluding hydrogens is 230 g/mol. The predicted molar refractivity (Wildman–Crippen MR) is 62.6 cm³/mol. The number of halogens is 2. The molecule has 0 fully saturated rings. The van der Waals surface area contributed by atoms with Crippen LogP contribution in [0.1, 0.15) is 25.7 Å². The van der Waals surface area contributed by atoms with Crippen molar-refractivity contribution < 1.29 is 13.9 Å². The van der Waals surface area contributed by atoms with Crippen molar-refractivity contribution in [2.75, 3.05) is 12.4 Å². The van der Waals surface area contributed by atoms with E-state index in [4.69, 9.17) is 5.11 Å². The zero-order valence-electron chi connectivity index (χ0n) is 9.09. The molecule has 90 valence electrons. The number of rotatable bonds is 7. The van der Waals surface area contributed by atoms with Gasteiger partial charge >= 0.3 is 0 Å². The third-order valence-corrected chi connectivity index (χ3v) is 3.29. The number of benzene rings is 1. The Morgan fingerprint density at radius 2 is 1.75 bits per heavy atom. The van der Waals surface area contributed by atoms with E-state index in [1.165, 1.54) is 17.8 Å². The molecule has 0 unspecified atom stereocenters. The van der Waals surface area contributed by atoms with Gasteiger partial charge in [0.2, 0.25) is 0 Å². The van der Waals surface area contributed by atoms with Crippen LogP contribution in [0.4, 0.5) is 8.78 Å². The Balaban J connectivity index is 2.19. The van der Waals surface area contributed by atoms with Crippen molar-refractivity contribution >= 4 is 11.8 Å². The molecule has 0 spiro atoms. The molecule has 0 aliphatic heterocycles. The van der Waals surface area contributed by atoms with Gasteiger partial charge in [-0.15, -0.1) is 11.8 Å². The second-order valence-corrected chi connectivity index (χ2v) is 4.73. The smallest absolute Gasteiger partial charge is 0.159 e. The van der Waals surface area contributed by atoms with Crippen LogP contribution in [-0.2, 0) is 0 Å². The highest BCUT2D eigenvalue weighted by Gasteiger charge is 2.02. The number of hydrogen-bond acceptors (Lipinski definition) is 2. The molecule has 0 saturated heterocycles. The van der Waals surface area contributed by atoms with Crippen LogP contribution in [0.2, 0.25) is 0 Å². The molecule has 0 aliphatic carbocycles. The fourth-order valence-electron chi connectivity index (χ4n) is 1.32. The van der Waals surface area contributed by atoms with Crippen LogP contribution in [0, 0.1) is 11.6 Å². The molecule has 0 saturated carbocycles. The number of thioether (sulfide) groups is 1. The van der Waals surface area contributed by atoms with Crippen molar-refractivity contribution in [2.24, 2.45) is 0 Å². The van der Waals surface area contributed by atoms with Crippen LogP contribution >= 0.6 is 11.8 Å². The summed E-state index contributed by atoms with van der Waals surface area (Å²) in [5.41, 5.74) is 0. The molecule has 1 rings (SSSR count). The SMILES string of the molecule is OCCCCCCSc1ccc(F)c(F)c1. The van der Waals surface area contributed by atoms with Crippen LogP contribution in [0.15, 0.2) is 23.1 Å². The quantitative estimate of drug-likeness (QED) is 0.586. The lowest BCUT2D eigenvalue weighted by Crippen LogP contribution is -1.87. The third kappa shape index (κ3) is 4.94. The largest absolute Gasteiger partial charge is 0.396 e. The van der Waals surface area contributed by atoms with Gasteiger partial charge in [0.15, 0.2) is 11.6 Å². The van der Waals surface area contributed by atoms with Gasteiger partial charge in [0, 0.05) is 11.5 Å². The molecule has 0 bridgehead atoms. The molecule has 0 radical (unpaired) electrons. The first-order chi connectivity index (χ1) is 7.74. The van der Waals surface area contributed by atoms with Gasteiger partial charge in [-0.2, -0.15) is 0 Å². The lowest BCUT2D eigenvalue weighted by atomic mass is 10.2. The molecule has 0 heterocycles. The summed E-state index contributed by atoms with van der Waals surface area (Å²) in [4.78, 5) is 0.765. The summed E-state index contributed by atoms with van der Waals surface area (Å²) in [5, 5.41) is 8.57. The highest BCUT2D eigenvalue weighted by molar-refractivity contribution is 7.99. The monoisotopic (exact) mass is 246 g/mol. The molecule has 0 aliphatic rings. The van der Waals surface area contributed by atoms with E-state index in [0.29, 0.717) is 0 Å². The molecule has 0 amide bonds. The molecule has 1 N–H and O–H groups in total. The lowest BCUT2D eigenvalue weighted by molar-refractivity contribution is 0.283. The molecule has 1 nitrogen and oxygen atoms in total. The maximum absolute atomic E-state index is 12.8. The number of aliphatic hydroxyl groups is 1. The van der Waals surface area contributed by atoms with Gasteiger partial charge < -0.3 is 5.11 Å². The summed E-state index contributed by atoms with van der Waals surface area (Å²) in [6.07, 6.45) is 3.96. The minimum Gasteiger partial charge on any atom is -0.396 e. The standard InChI is InChI=1S/C12H16F2OS/c13-11-6-5-10(9-12(11)14)16-8-4-2-1-3-7-15/h5-6,9,15H,1-4,7-8H2. The Morgan fingerprint density at radius 3 is 2.44 bits per heavy atom. The van der Waals surface area contributed by atoms with Crippen LogP contribution in [0.5, 0.6) is 0 Å². The molecule has 0 aromatic heterocycles. The fourth-order valence-corrected chi connectivity index (χ4v) is 2.26. The second-order valence-electron chi connectivity index (χ2n) is 3.56. The van der Waals surface area contributed by atoms with E-state index in [9.17, 15) is 8.78 Å². The summed E-state index contributed by atoms with van der Waals surface area (Å²) in [7, 11) is 0. The first-order valence-corrected chi connectivity index (χ1v) is 6.41. The fraction of sp³-hybridized carbons (Fsp3) is 0.500. The van der Waals surface area contributed by atoms with E-state index in [1.54, 1.807) is 6.07 Å². The van der Waals surface area contributed by atoms with Crippen LogP contribution in [0.3, 0.4) is 0 Å². The predicted octanol–water partition coefficient (Wildman–Crippen LogP) is 3.61. The van der Waals surface area contributed by atoms with E-state index in [0.717, 1.165) is 42.4 Å². The van der Waals surface area contributed by atoms with Crippen LogP contribution in [0.25, 0.3) is 0 Å². The molecule has 4 heteroatoms. The van der Waals surface area contributed by atoms with E-state index >= 15 is 0 Å². The van der Waals surface area contributed by atoms with Gasteiger partial charge in [-0.3, -0.25) is 0 Å². The Morgan fingerprint density at radius 1 is 1.00 bits per heavy atom. The Labute approximate surface area is 98.9 Å². The van der Waals surface area contributed by atoms with E-state index in [2.05, 4.69) is 0 Å². The summed E-state index contributed by atoms with van der Waals surface area (Å²) in [5.74, 6) is -0.686. The van der Waals surface area contributed by atoms with Crippen molar-refractivity contribution in [1.82, 2.24) is 0 Å². The lowest BCUT2D eigenvalue weighted by Gasteiger charge is -2.02. The Kier molecular flexibility index (Phi) is 6.42. The minimum atomic E-state index is -0.799. The highest BCUT2D eigenvalue weighted by Crippen LogP contribution is 2.21. The third-order valence-electron chi connectivity index (χ3n) is 2.21. The summed E-state index contributed by atoms with van der Waals surface area (Å²) in [6, 6.07) is 3.98. The van der Waals surface area contributed by atoms with E-state index in [1.807, 2.05) is 0 Å². The van der Waals surface area contributed by atoms with Gasteiger partial charge in [0.25, 0.3) is 0 Å². The van der Waals surface area contributed by atoms with Gasteiger partial charge in [-0.05, 0) is 36.8 Å². The van der Waals surface area contributed by atoms with Crippen LogP contribution in [-0.4, -0.2) is 17.5 Å². The normalized spacial score (nSPS) is 10.7. The molecule has 1 aromatic rings. The summed E-state index contributed by atoms with van der Waals surface area (Å²) in [6.45, 7) is 0.246. The van der Waals surface area contributed by atoms with Crippen molar-refractivity contribution in [2.45, 2.75) is 30.6 Å². The zero-order valence-corrected chi connectivity index (χ0v) is 9.90. The van der Waals surface area contributed by atoms with Crippen molar-refractivity contribution in [3.8, 4) is 0 Å². The molecule has 1 aromatic carbocycles. The van der Waals surface area contributed by atoms with Crippen LogP contribution < -0.4 is 0 Å². The zero-order chi connectivity index (χ0) is 11.8. The topological polar surface area (TPSA) is 20.2 Å². The molecule has 16 heavy (non-hydrogen) atoms. The summed E-state index contributed by atoms with van der Waals surface area (Å²) < 4.78 is 25.5. The van der Waals surface area contributed by atoms with Crippen molar-refractivity contribution in [1.29, 1.82) is 0 Å². The number of aliphatic hydroxyl groups excluding tert-OH is 1. The highest BCUT2D eigenvalue weighted by atomic mass is 32.2. The van der Waals surface area contributed by atoms with Gasteiger partial charge in [-0.25, -0.2) is 8.78 Å². The van der Waals surface area contributed by atoms with Gasteiger partial charge in [0.05, 0.1) is 0 Å². The van der Waals surface area contributed by atoms with E-state index in [-0.39, 0.29) is 6.61 Å². The maximum Gasteiger partial charge on any atom is 0.159 e. The average molecular weight is 246 g/mol. The molecular formula is C12H16F2OS. The first kappa shape index (κ1) is 13.5. The number of hydrogen-bond donors (Lipinski definition) is 1. The Hall–Kier alpha value is -0.610. The Bertz CT molecular complexity index is 318. The van der Waals surface area contributed by atoms with Gasteiger partial charge in [0.1, 0.15) is 0 Å². The second kappa shape index (κ2) is 7.63. The van der Waals surface area contributed by atoms with Gasteiger partial charge in [-0.1, -0.05) is 12.8 Å². The van der Waals surface area contributed by atoms with E-state index < -0.39 is 11.6 Å². The average Bonchev–Trinajstić information content (AvgIpc) is 2.28. The first-order valence-electron chi connectivity index (χ1n) is 5.43. The van der Waals surface area contributed by atoms with Crippen molar-refractivity contribution in [3.63, 3.8) is 0 Å². The minimum absolute atomic E-state index is 0.246. The molecule has 0 atom stereocenters.